The van der Waals surface area contributed by atoms with Gasteiger partial charge in [0.1, 0.15) is 0 Å². The van der Waals surface area contributed by atoms with E-state index in [0.29, 0.717) is 11.4 Å². The van der Waals surface area contributed by atoms with Gasteiger partial charge in [-0.05, 0) is 24.1 Å². The van der Waals surface area contributed by atoms with E-state index in [4.69, 9.17) is 32.8 Å². The summed E-state index contributed by atoms with van der Waals surface area (Å²) in [6, 6.07) is 12.3. The Hall–Kier alpha value is -2.35. The molecule has 0 fully saturated rings. The number of halogens is 1. The van der Waals surface area contributed by atoms with Crippen LogP contribution in [0.25, 0.3) is 0 Å². The predicted molar refractivity (Wildman–Crippen MR) is 66.7 cm³/mol. The molecule has 4 nitrogen and oxygen atoms in total. The normalized spacial score (nSPS) is 11.1. The molecular formula is C13H9ClN4. The standard InChI is InChI=1S/C13H9ClN4/c14-12-3-1-9(2-4-12)5-10(6-15)13(18)11(7-16)8-17/h1-4,10-11,18H,5H2/t10-/m0/s1. The second kappa shape index (κ2) is 6.40. The Morgan fingerprint density at radius 2 is 1.67 bits per heavy atom. The molecule has 0 bridgehead atoms. The maximum atomic E-state index is 9.02. The summed E-state index contributed by atoms with van der Waals surface area (Å²) in [6.45, 7) is 0. The van der Waals surface area contributed by atoms with Crippen LogP contribution in [0, 0.1) is 51.2 Å². The van der Waals surface area contributed by atoms with Gasteiger partial charge in [-0.2, -0.15) is 15.8 Å². The fourth-order valence-corrected chi connectivity index (χ4v) is 1.58. The summed E-state index contributed by atoms with van der Waals surface area (Å²) in [7, 11) is 0. The average Bonchev–Trinajstić information content (AvgIpc) is 2.39. The molecule has 0 amide bonds. The summed E-state index contributed by atoms with van der Waals surface area (Å²) in [6.07, 6.45) is 0.298. The minimum absolute atomic E-state index is 0.155. The molecule has 0 aliphatic carbocycles. The van der Waals surface area contributed by atoms with Crippen molar-refractivity contribution >= 4 is 17.3 Å². The van der Waals surface area contributed by atoms with Crippen molar-refractivity contribution in [1.82, 2.24) is 0 Å². The fourth-order valence-electron chi connectivity index (χ4n) is 1.45. The molecule has 0 saturated carbocycles. The molecule has 1 aromatic rings. The van der Waals surface area contributed by atoms with Crippen LogP contribution in [-0.4, -0.2) is 5.71 Å². The van der Waals surface area contributed by atoms with Crippen LogP contribution in [0.3, 0.4) is 0 Å². The van der Waals surface area contributed by atoms with E-state index in [1.807, 2.05) is 6.07 Å². The molecular weight excluding hydrogens is 248 g/mol. The Balaban J connectivity index is 2.84. The lowest BCUT2D eigenvalue weighted by molar-refractivity contribution is 0.822. The van der Waals surface area contributed by atoms with Crippen LogP contribution in [0.1, 0.15) is 5.56 Å². The first-order valence-electron chi connectivity index (χ1n) is 5.14. The van der Waals surface area contributed by atoms with Gasteiger partial charge in [-0.25, -0.2) is 0 Å². The van der Waals surface area contributed by atoms with E-state index in [1.165, 1.54) is 0 Å². The Morgan fingerprint density at radius 1 is 1.11 bits per heavy atom. The maximum Gasteiger partial charge on any atom is 0.171 e. The lowest BCUT2D eigenvalue weighted by Gasteiger charge is -2.11. The number of nitrogens with one attached hydrogen (secondary N) is 1. The van der Waals surface area contributed by atoms with Crippen molar-refractivity contribution in [2.75, 3.05) is 0 Å². The van der Waals surface area contributed by atoms with Crippen LogP contribution in [0.15, 0.2) is 24.3 Å². The van der Waals surface area contributed by atoms with Crippen molar-refractivity contribution in [3.05, 3.63) is 34.9 Å². The number of hydrogen-bond acceptors (Lipinski definition) is 4. The van der Waals surface area contributed by atoms with Crippen LogP contribution in [-0.2, 0) is 6.42 Å². The van der Waals surface area contributed by atoms with E-state index in [0.717, 1.165) is 5.56 Å². The highest BCUT2D eigenvalue weighted by molar-refractivity contribution is 6.30. The highest BCUT2D eigenvalue weighted by atomic mass is 35.5. The summed E-state index contributed by atoms with van der Waals surface area (Å²) < 4.78 is 0. The molecule has 1 rings (SSSR count). The third-order valence-corrected chi connectivity index (χ3v) is 2.71. The maximum absolute atomic E-state index is 9.02. The lowest BCUT2D eigenvalue weighted by atomic mass is 9.89. The van der Waals surface area contributed by atoms with Crippen molar-refractivity contribution in [2.24, 2.45) is 11.8 Å². The Morgan fingerprint density at radius 3 is 2.11 bits per heavy atom. The number of rotatable bonds is 4. The molecule has 0 saturated heterocycles. The molecule has 0 radical (unpaired) electrons. The van der Waals surface area contributed by atoms with Crippen molar-refractivity contribution < 1.29 is 0 Å². The molecule has 0 aliphatic rings. The van der Waals surface area contributed by atoms with Gasteiger partial charge in [-0.3, -0.25) is 0 Å². The van der Waals surface area contributed by atoms with Gasteiger partial charge in [0, 0.05) is 5.02 Å². The average molecular weight is 257 g/mol. The van der Waals surface area contributed by atoms with Gasteiger partial charge in [-0.1, -0.05) is 23.7 Å². The van der Waals surface area contributed by atoms with Gasteiger partial charge >= 0.3 is 0 Å². The minimum atomic E-state index is -1.16. The Bertz CT molecular complexity index is 543. The Labute approximate surface area is 110 Å². The molecule has 0 unspecified atom stereocenters. The van der Waals surface area contributed by atoms with E-state index in [9.17, 15) is 0 Å². The first-order valence-corrected chi connectivity index (χ1v) is 5.51. The van der Waals surface area contributed by atoms with Gasteiger partial charge in [0.2, 0.25) is 0 Å². The van der Waals surface area contributed by atoms with Crippen LogP contribution in [0.5, 0.6) is 0 Å². The number of nitriles is 3. The van der Waals surface area contributed by atoms with Gasteiger partial charge in [0.05, 0.1) is 29.8 Å². The third kappa shape index (κ3) is 3.32. The topological polar surface area (TPSA) is 95.2 Å². The molecule has 18 heavy (non-hydrogen) atoms. The van der Waals surface area contributed by atoms with E-state index in [2.05, 4.69) is 0 Å². The number of hydrogen-bond donors (Lipinski definition) is 1. The monoisotopic (exact) mass is 256 g/mol. The van der Waals surface area contributed by atoms with E-state index in [-0.39, 0.29) is 5.71 Å². The third-order valence-electron chi connectivity index (χ3n) is 2.45. The molecule has 88 valence electrons. The molecule has 0 aliphatic heterocycles. The molecule has 1 atom stereocenters. The van der Waals surface area contributed by atoms with Crippen molar-refractivity contribution in [3.63, 3.8) is 0 Å². The summed E-state index contributed by atoms with van der Waals surface area (Å²) in [5.41, 5.74) is 0.683. The second-order valence-corrected chi connectivity index (χ2v) is 4.10. The molecule has 5 heteroatoms. The van der Waals surface area contributed by atoms with Crippen LogP contribution in [0.2, 0.25) is 5.02 Å². The molecule has 1 N–H and O–H groups in total. The van der Waals surface area contributed by atoms with Crippen LogP contribution < -0.4 is 0 Å². The number of nitrogens with zero attached hydrogens (tertiary/aromatic N) is 3. The van der Waals surface area contributed by atoms with E-state index < -0.39 is 11.8 Å². The second-order valence-electron chi connectivity index (χ2n) is 3.66. The quantitative estimate of drug-likeness (QED) is 0.839. The first-order chi connectivity index (χ1) is 8.62. The summed E-state index contributed by atoms with van der Waals surface area (Å²) in [5, 5.41) is 34.7. The van der Waals surface area contributed by atoms with Gasteiger partial charge < -0.3 is 5.41 Å². The van der Waals surface area contributed by atoms with E-state index in [1.54, 1.807) is 36.4 Å². The lowest BCUT2D eigenvalue weighted by Crippen LogP contribution is -2.21. The van der Waals surface area contributed by atoms with Gasteiger partial charge in [0.25, 0.3) is 0 Å². The SMILES string of the molecule is N#CC(C#N)C(=N)[C@H](C#N)Cc1ccc(Cl)cc1. The zero-order valence-corrected chi connectivity index (χ0v) is 10.1. The zero-order chi connectivity index (χ0) is 13.5. The van der Waals surface area contributed by atoms with Crippen molar-refractivity contribution in [1.29, 1.82) is 21.2 Å². The molecule has 0 heterocycles. The minimum Gasteiger partial charge on any atom is -0.306 e. The van der Waals surface area contributed by atoms with Gasteiger partial charge in [-0.15, -0.1) is 0 Å². The highest BCUT2D eigenvalue weighted by Crippen LogP contribution is 2.16. The molecule has 0 aromatic heterocycles. The highest BCUT2D eigenvalue weighted by Gasteiger charge is 2.23. The predicted octanol–water partition coefficient (Wildman–Crippen LogP) is 2.71. The van der Waals surface area contributed by atoms with Crippen LogP contribution >= 0.6 is 11.6 Å². The summed E-state index contributed by atoms with van der Waals surface area (Å²) >= 11 is 5.75. The molecule has 1 aromatic carbocycles. The smallest absolute Gasteiger partial charge is 0.171 e. The van der Waals surface area contributed by atoms with Crippen LogP contribution in [0.4, 0.5) is 0 Å². The fraction of sp³-hybridized carbons (Fsp3) is 0.231. The number of benzene rings is 1. The summed E-state index contributed by atoms with van der Waals surface area (Å²) in [4.78, 5) is 0. The van der Waals surface area contributed by atoms with Crippen molar-refractivity contribution in [3.8, 4) is 18.2 Å². The molecule has 0 spiro atoms. The van der Waals surface area contributed by atoms with Crippen molar-refractivity contribution in [2.45, 2.75) is 6.42 Å². The van der Waals surface area contributed by atoms with E-state index >= 15 is 0 Å². The Kier molecular flexibility index (Phi) is 4.88. The van der Waals surface area contributed by atoms with Gasteiger partial charge in [0.15, 0.2) is 5.92 Å². The largest absolute Gasteiger partial charge is 0.306 e. The zero-order valence-electron chi connectivity index (χ0n) is 9.39. The summed E-state index contributed by atoms with van der Waals surface area (Å²) in [5.74, 6) is -1.93. The first kappa shape index (κ1) is 13.7.